The molecular weight excluding hydrogens is 416 g/mol. The van der Waals surface area contributed by atoms with Crippen LogP contribution in [-0.2, 0) is 4.74 Å². The van der Waals surface area contributed by atoms with E-state index in [2.05, 4.69) is 93.6 Å². The molecule has 0 fully saturated rings. The van der Waals surface area contributed by atoms with Crippen molar-refractivity contribution >= 4 is 0 Å². The Kier molecular flexibility index (Phi) is 11.2. The fraction of sp³-hybridized carbons (Fsp3) is 0.438. The fourth-order valence-electron chi connectivity index (χ4n) is 4.22. The SMILES string of the molecule is CCCCCCCCOC(C)c1ccc(-c2ccccc2-c2ccc(OCCCC)cc2)cc1. The Labute approximate surface area is 207 Å². The minimum atomic E-state index is 0.125. The highest BCUT2D eigenvalue weighted by molar-refractivity contribution is 5.83. The topological polar surface area (TPSA) is 18.5 Å². The highest BCUT2D eigenvalue weighted by atomic mass is 16.5. The number of hydrogen-bond acceptors (Lipinski definition) is 2. The maximum absolute atomic E-state index is 6.11. The number of rotatable bonds is 15. The number of hydrogen-bond donors (Lipinski definition) is 0. The zero-order valence-corrected chi connectivity index (χ0v) is 21.4. The highest BCUT2D eigenvalue weighted by Gasteiger charge is 2.10. The molecular formula is C32H42O2. The summed E-state index contributed by atoms with van der Waals surface area (Å²) in [5, 5.41) is 0. The van der Waals surface area contributed by atoms with Crippen LogP contribution in [0, 0.1) is 0 Å². The van der Waals surface area contributed by atoms with Crippen molar-refractivity contribution in [2.45, 2.75) is 78.2 Å². The van der Waals surface area contributed by atoms with Gasteiger partial charge in [0.05, 0.1) is 12.7 Å². The molecule has 0 aliphatic heterocycles. The largest absolute Gasteiger partial charge is 0.494 e. The van der Waals surface area contributed by atoms with Crippen LogP contribution < -0.4 is 4.74 Å². The second-order valence-corrected chi connectivity index (χ2v) is 9.17. The maximum atomic E-state index is 6.11. The maximum Gasteiger partial charge on any atom is 0.119 e. The first-order valence-corrected chi connectivity index (χ1v) is 13.3. The van der Waals surface area contributed by atoms with Gasteiger partial charge in [0.25, 0.3) is 0 Å². The third-order valence-electron chi connectivity index (χ3n) is 6.42. The Balaban J connectivity index is 1.60. The van der Waals surface area contributed by atoms with Crippen molar-refractivity contribution < 1.29 is 9.47 Å². The molecule has 0 saturated heterocycles. The van der Waals surface area contributed by atoms with Gasteiger partial charge in [-0.3, -0.25) is 0 Å². The minimum Gasteiger partial charge on any atom is -0.494 e. The van der Waals surface area contributed by atoms with Gasteiger partial charge in [-0.15, -0.1) is 0 Å². The predicted octanol–water partition coefficient (Wildman–Crippen LogP) is 9.64. The van der Waals surface area contributed by atoms with Gasteiger partial charge in [0.2, 0.25) is 0 Å². The number of benzene rings is 3. The molecule has 0 N–H and O–H groups in total. The third kappa shape index (κ3) is 8.02. The first-order chi connectivity index (χ1) is 16.7. The van der Waals surface area contributed by atoms with Crippen LogP contribution in [0.3, 0.4) is 0 Å². The molecule has 0 aliphatic rings. The summed E-state index contributed by atoms with van der Waals surface area (Å²) in [5.41, 5.74) is 6.15. The molecule has 0 bridgehead atoms. The average molecular weight is 459 g/mol. The fourth-order valence-corrected chi connectivity index (χ4v) is 4.22. The number of ether oxygens (including phenoxy) is 2. The van der Waals surface area contributed by atoms with Gasteiger partial charge >= 0.3 is 0 Å². The molecule has 0 radical (unpaired) electrons. The van der Waals surface area contributed by atoms with Crippen LogP contribution in [0.5, 0.6) is 5.75 Å². The Morgan fingerprint density at radius 3 is 1.76 bits per heavy atom. The Bertz CT molecular complexity index is 944. The van der Waals surface area contributed by atoms with E-state index < -0.39 is 0 Å². The van der Waals surface area contributed by atoms with Crippen molar-refractivity contribution in [1.29, 1.82) is 0 Å². The number of unbranched alkanes of at least 4 members (excludes halogenated alkanes) is 6. The zero-order valence-electron chi connectivity index (χ0n) is 21.4. The summed E-state index contributed by atoms with van der Waals surface area (Å²) in [4.78, 5) is 0. The van der Waals surface area contributed by atoms with Crippen molar-refractivity contribution in [3.05, 3.63) is 78.4 Å². The first-order valence-electron chi connectivity index (χ1n) is 13.3. The first kappa shape index (κ1) is 26.0. The Morgan fingerprint density at radius 1 is 0.588 bits per heavy atom. The van der Waals surface area contributed by atoms with Gasteiger partial charge < -0.3 is 9.47 Å². The summed E-state index contributed by atoms with van der Waals surface area (Å²) in [5.74, 6) is 0.939. The summed E-state index contributed by atoms with van der Waals surface area (Å²) < 4.78 is 11.9. The lowest BCUT2D eigenvalue weighted by molar-refractivity contribution is 0.0627. The molecule has 0 heterocycles. The van der Waals surface area contributed by atoms with Gasteiger partial charge in [0, 0.05) is 6.61 Å². The second-order valence-electron chi connectivity index (χ2n) is 9.17. The molecule has 1 atom stereocenters. The molecule has 34 heavy (non-hydrogen) atoms. The summed E-state index contributed by atoms with van der Waals surface area (Å²) in [6.07, 6.45) is 10.1. The summed E-state index contributed by atoms with van der Waals surface area (Å²) in [6, 6.07) is 26.0. The lowest BCUT2D eigenvalue weighted by atomic mass is 9.94. The lowest BCUT2D eigenvalue weighted by Gasteiger charge is -2.15. The molecule has 0 spiro atoms. The van der Waals surface area contributed by atoms with E-state index in [0.29, 0.717) is 0 Å². The van der Waals surface area contributed by atoms with E-state index >= 15 is 0 Å². The van der Waals surface area contributed by atoms with Crippen LogP contribution >= 0.6 is 0 Å². The third-order valence-corrected chi connectivity index (χ3v) is 6.42. The van der Waals surface area contributed by atoms with Crippen molar-refractivity contribution in [2.24, 2.45) is 0 Å². The standard InChI is InChI=1S/C32H42O2/c1-4-6-8-9-10-13-25-33-26(3)27-16-18-28(19-17-27)31-14-11-12-15-32(31)29-20-22-30(23-21-29)34-24-7-5-2/h11-12,14-23,26H,4-10,13,24-25H2,1-3H3. The van der Waals surface area contributed by atoms with Crippen LogP contribution in [0.4, 0.5) is 0 Å². The van der Waals surface area contributed by atoms with Crippen LogP contribution in [0.25, 0.3) is 22.3 Å². The monoisotopic (exact) mass is 458 g/mol. The van der Waals surface area contributed by atoms with Crippen molar-refractivity contribution in [1.82, 2.24) is 0 Å². The molecule has 1 unspecified atom stereocenters. The van der Waals surface area contributed by atoms with E-state index in [1.165, 1.54) is 59.9 Å². The van der Waals surface area contributed by atoms with E-state index in [0.717, 1.165) is 38.2 Å². The Hall–Kier alpha value is -2.58. The van der Waals surface area contributed by atoms with Gasteiger partial charge in [0.15, 0.2) is 0 Å². The smallest absolute Gasteiger partial charge is 0.119 e. The lowest BCUT2D eigenvalue weighted by Crippen LogP contribution is -2.02. The van der Waals surface area contributed by atoms with E-state index in [1.54, 1.807) is 0 Å². The summed E-state index contributed by atoms with van der Waals surface area (Å²) in [6.45, 7) is 8.22. The van der Waals surface area contributed by atoms with Gasteiger partial charge in [-0.1, -0.05) is 113 Å². The minimum absolute atomic E-state index is 0.125. The molecule has 0 amide bonds. The van der Waals surface area contributed by atoms with E-state index in [1.807, 2.05) is 0 Å². The Morgan fingerprint density at radius 2 is 1.15 bits per heavy atom. The molecule has 0 aromatic heterocycles. The average Bonchev–Trinajstić information content (AvgIpc) is 2.89. The van der Waals surface area contributed by atoms with Gasteiger partial charge in [-0.05, 0) is 59.7 Å². The van der Waals surface area contributed by atoms with Crippen LogP contribution in [-0.4, -0.2) is 13.2 Å². The van der Waals surface area contributed by atoms with E-state index in [9.17, 15) is 0 Å². The molecule has 182 valence electrons. The summed E-state index contributed by atoms with van der Waals surface area (Å²) >= 11 is 0. The van der Waals surface area contributed by atoms with Gasteiger partial charge in [-0.25, -0.2) is 0 Å². The molecule has 0 saturated carbocycles. The molecule has 2 nitrogen and oxygen atoms in total. The summed E-state index contributed by atoms with van der Waals surface area (Å²) in [7, 11) is 0. The van der Waals surface area contributed by atoms with Crippen molar-refractivity contribution in [2.75, 3.05) is 13.2 Å². The molecule has 3 rings (SSSR count). The van der Waals surface area contributed by atoms with Gasteiger partial charge in [-0.2, -0.15) is 0 Å². The van der Waals surface area contributed by atoms with Gasteiger partial charge in [0.1, 0.15) is 5.75 Å². The highest BCUT2D eigenvalue weighted by Crippen LogP contribution is 2.33. The van der Waals surface area contributed by atoms with Crippen LogP contribution in [0.2, 0.25) is 0 Å². The van der Waals surface area contributed by atoms with Crippen LogP contribution in [0.1, 0.15) is 83.8 Å². The second kappa shape index (κ2) is 14.6. The quantitative estimate of drug-likeness (QED) is 0.211. The molecule has 2 heteroatoms. The van der Waals surface area contributed by atoms with Crippen LogP contribution in [0.15, 0.2) is 72.8 Å². The van der Waals surface area contributed by atoms with E-state index in [-0.39, 0.29) is 6.10 Å². The van der Waals surface area contributed by atoms with E-state index in [4.69, 9.17) is 9.47 Å². The predicted molar refractivity (Wildman–Crippen MR) is 145 cm³/mol. The van der Waals surface area contributed by atoms with Crippen molar-refractivity contribution in [3.8, 4) is 28.0 Å². The normalized spacial score (nSPS) is 12.0. The molecule has 3 aromatic carbocycles. The molecule has 0 aliphatic carbocycles. The molecule has 3 aromatic rings. The van der Waals surface area contributed by atoms with Crippen molar-refractivity contribution in [3.63, 3.8) is 0 Å². The zero-order chi connectivity index (χ0) is 24.0.